The first-order valence-electron chi connectivity index (χ1n) is 4.21. The molecule has 0 saturated carbocycles. The third kappa shape index (κ3) is 3.13. The van der Waals surface area contributed by atoms with Gasteiger partial charge in [-0.2, -0.15) is 0 Å². The summed E-state index contributed by atoms with van der Waals surface area (Å²) < 4.78 is 4.92. The molecule has 1 N–H and O–H groups in total. The van der Waals surface area contributed by atoms with E-state index in [-0.39, 0.29) is 12.4 Å². The zero-order valence-corrected chi connectivity index (χ0v) is 9.65. The topological polar surface area (TPSA) is 66.8 Å². The smallest absolute Gasteiger partial charge is 0.414 e. The fraction of sp³-hybridized carbons (Fsp3) is 0.200. The number of imide groups is 1. The molecule has 0 aliphatic rings. The third-order valence-corrected chi connectivity index (χ3v) is 1.93. The molecule has 0 bridgehead atoms. The summed E-state index contributed by atoms with van der Waals surface area (Å²) in [5.41, 5.74) is 0.306. The van der Waals surface area contributed by atoms with Crippen LogP contribution in [0, 0.1) is 0 Å². The van der Waals surface area contributed by atoms with Crippen LogP contribution in [0.2, 0.25) is 0 Å². The number of halogens is 1. The van der Waals surface area contributed by atoms with Gasteiger partial charge in [0.15, 0.2) is 0 Å². The van der Waals surface area contributed by atoms with Crippen molar-refractivity contribution in [2.24, 2.45) is 0 Å². The molecule has 16 heavy (non-hydrogen) atoms. The Bertz CT molecular complexity index is 377. The first-order chi connectivity index (χ1) is 7.06. The first kappa shape index (κ1) is 14.2. The number of ether oxygens (including phenoxy) is 1. The Morgan fingerprint density at radius 2 is 1.75 bits per heavy atom. The molecule has 0 aliphatic carbocycles. The molecule has 0 unspecified atom stereocenters. The Morgan fingerprint density at radius 3 is 2.12 bits per heavy atom. The summed E-state index contributed by atoms with van der Waals surface area (Å²) >= 11 is 0. The van der Waals surface area contributed by atoms with Gasteiger partial charge < -0.3 is 9.84 Å². The molecule has 88 valence electrons. The van der Waals surface area contributed by atoms with E-state index in [1.165, 1.54) is 26.3 Å². The lowest BCUT2D eigenvalue weighted by molar-refractivity contribution is 0.0782. The number of hydrogen-bond donors (Lipinski definition) is 1. The highest BCUT2D eigenvalue weighted by Crippen LogP contribution is 2.12. The molecule has 1 aromatic rings. The highest BCUT2D eigenvalue weighted by atomic mass is 35.5. The van der Waals surface area contributed by atoms with Gasteiger partial charge in [-0.1, -0.05) is 0 Å². The minimum Gasteiger partial charge on any atom is -0.497 e. The fourth-order valence-corrected chi connectivity index (χ4v) is 1.01. The molecule has 0 aromatic heterocycles. The molecule has 0 spiro atoms. The SMILES string of the molecule is COc1ccc(C(=O)N(C)C(=O)O)cc1.Cl. The number of carbonyl (C=O) groups is 2. The molecule has 6 heteroatoms. The molecule has 1 rings (SSSR count). The van der Waals surface area contributed by atoms with Crippen molar-refractivity contribution in [2.45, 2.75) is 0 Å². The maximum absolute atomic E-state index is 11.5. The van der Waals surface area contributed by atoms with Crippen molar-refractivity contribution in [3.05, 3.63) is 29.8 Å². The molecule has 0 atom stereocenters. The van der Waals surface area contributed by atoms with Crippen molar-refractivity contribution in [3.63, 3.8) is 0 Å². The van der Waals surface area contributed by atoms with E-state index >= 15 is 0 Å². The predicted octanol–water partition coefficient (Wildman–Crippen LogP) is 1.87. The molecule has 1 aromatic carbocycles. The number of rotatable bonds is 2. The number of hydrogen-bond acceptors (Lipinski definition) is 3. The van der Waals surface area contributed by atoms with Crippen LogP contribution in [0.1, 0.15) is 10.4 Å². The van der Waals surface area contributed by atoms with Crippen molar-refractivity contribution >= 4 is 24.4 Å². The second-order valence-corrected chi connectivity index (χ2v) is 2.88. The van der Waals surface area contributed by atoms with Gasteiger partial charge in [-0.3, -0.25) is 4.79 Å². The van der Waals surface area contributed by atoms with Crippen LogP contribution in [0.15, 0.2) is 24.3 Å². The number of carboxylic acid groups (broad SMARTS) is 1. The molecule has 0 aliphatic heterocycles. The van der Waals surface area contributed by atoms with E-state index in [1.807, 2.05) is 0 Å². The standard InChI is InChI=1S/C10H11NO4.ClH/c1-11(10(13)14)9(12)7-3-5-8(15-2)6-4-7;/h3-6H,1-2H3,(H,13,14);1H. The summed E-state index contributed by atoms with van der Waals surface area (Å²) in [5, 5.41) is 8.59. The maximum Gasteiger partial charge on any atom is 0.414 e. The number of benzene rings is 1. The summed E-state index contributed by atoms with van der Waals surface area (Å²) in [6.07, 6.45) is -1.28. The van der Waals surface area contributed by atoms with E-state index in [9.17, 15) is 9.59 Å². The van der Waals surface area contributed by atoms with Gasteiger partial charge in [-0.15, -0.1) is 12.4 Å². The van der Waals surface area contributed by atoms with Crippen molar-refractivity contribution in [1.82, 2.24) is 4.90 Å². The Balaban J connectivity index is 0.00000225. The summed E-state index contributed by atoms with van der Waals surface area (Å²) in [6.45, 7) is 0. The molecule has 5 nitrogen and oxygen atoms in total. The Morgan fingerprint density at radius 1 is 1.25 bits per heavy atom. The first-order valence-corrected chi connectivity index (χ1v) is 4.21. The Kier molecular flexibility index (Phi) is 5.32. The molecular formula is C10H12ClNO4. The summed E-state index contributed by atoms with van der Waals surface area (Å²) in [6, 6.07) is 6.23. The van der Waals surface area contributed by atoms with Crippen molar-refractivity contribution in [1.29, 1.82) is 0 Å². The molecule has 0 heterocycles. The van der Waals surface area contributed by atoms with Crippen LogP contribution >= 0.6 is 12.4 Å². The molecule has 0 radical (unpaired) electrons. The highest BCUT2D eigenvalue weighted by Gasteiger charge is 2.16. The van der Waals surface area contributed by atoms with Crippen molar-refractivity contribution in [2.75, 3.05) is 14.2 Å². The van der Waals surface area contributed by atoms with Crippen molar-refractivity contribution in [3.8, 4) is 5.75 Å². The third-order valence-electron chi connectivity index (χ3n) is 1.93. The van der Waals surface area contributed by atoms with Crippen LogP contribution in [0.4, 0.5) is 4.79 Å². The quantitative estimate of drug-likeness (QED) is 0.864. The number of carbonyl (C=O) groups excluding carboxylic acids is 1. The van der Waals surface area contributed by atoms with Crippen LogP contribution in [0.25, 0.3) is 0 Å². The normalized spacial score (nSPS) is 8.88. The number of nitrogens with zero attached hydrogens (tertiary/aromatic N) is 1. The second-order valence-electron chi connectivity index (χ2n) is 2.88. The van der Waals surface area contributed by atoms with E-state index in [2.05, 4.69) is 0 Å². The van der Waals surface area contributed by atoms with E-state index in [4.69, 9.17) is 9.84 Å². The van der Waals surface area contributed by atoms with Gasteiger partial charge in [0, 0.05) is 12.6 Å². The van der Waals surface area contributed by atoms with E-state index < -0.39 is 12.0 Å². The van der Waals surface area contributed by atoms with Crippen LogP contribution in [0.3, 0.4) is 0 Å². The lowest BCUT2D eigenvalue weighted by Crippen LogP contribution is -2.31. The maximum atomic E-state index is 11.5. The average molecular weight is 246 g/mol. The average Bonchev–Trinajstić information content (AvgIpc) is 2.27. The predicted molar refractivity (Wildman–Crippen MR) is 60.4 cm³/mol. The van der Waals surface area contributed by atoms with Gasteiger partial charge in [0.2, 0.25) is 0 Å². The lowest BCUT2D eigenvalue weighted by atomic mass is 10.2. The minimum absolute atomic E-state index is 0. The number of amides is 2. The second kappa shape index (κ2) is 5.97. The van der Waals surface area contributed by atoms with E-state index in [0.29, 0.717) is 16.2 Å². The van der Waals surface area contributed by atoms with Gasteiger partial charge >= 0.3 is 6.09 Å². The van der Waals surface area contributed by atoms with Crippen LogP contribution in [-0.2, 0) is 0 Å². The minimum atomic E-state index is -1.28. The van der Waals surface area contributed by atoms with Gasteiger partial charge in [0.05, 0.1) is 7.11 Å². The summed E-state index contributed by atoms with van der Waals surface area (Å²) in [7, 11) is 2.72. The zero-order valence-electron chi connectivity index (χ0n) is 8.84. The Labute approximate surface area is 99.0 Å². The Hall–Kier alpha value is -1.75. The molecule has 0 fully saturated rings. The zero-order chi connectivity index (χ0) is 11.4. The largest absolute Gasteiger partial charge is 0.497 e. The summed E-state index contributed by atoms with van der Waals surface area (Å²) in [4.78, 5) is 22.6. The summed E-state index contributed by atoms with van der Waals surface area (Å²) in [5.74, 6) is 0.0506. The highest BCUT2D eigenvalue weighted by molar-refractivity contribution is 6.02. The van der Waals surface area contributed by atoms with E-state index in [1.54, 1.807) is 12.1 Å². The fourth-order valence-electron chi connectivity index (χ4n) is 1.01. The molecule has 0 saturated heterocycles. The van der Waals surface area contributed by atoms with Crippen molar-refractivity contribution < 1.29 is 19.4 Å². The van der Waals surface area contributed by atoms with Gasteiger partial charge in [0.1, 0.15) is 5.75 Å². The van der Waals surface area contributed by atoms with Gasteiger partial charge in [0.25, 0.3) is 5.91 Å². The van der Waals surface area contributed by atoms with Crippen LogP contribution < -0.4 is 4.74 Å². The van der Waals surface area contributed by atoms with Crippen LogP contribution in [0.5, 0.6) is 5.75 Å². The number of methoxy groups -OCH3 is 1. The molecular weight excluding hydrogens is 234 g/mol. The monoisotopic (exact) mass is 245 g/mol. The lowest BCUT2D eigenvalue weighted by Gasteiger charge is -2.10. The van der Waals surface area contributed by atoms with Crippen LogP contribution in [-0.4, -0.2) is 36.2 Å². The van der Waals surface area contributed by atoms with Gasteiger partial charge in [-0.25, -0.2) is 9.69 Å². The van der Waals surface area contributed by atoms with E-state index in [0.717, 1.165) is 0 Å². The van der Waals surface area contributed by atoms with Gasteiger partial charge in [-0.05, 0) is 24.3 Å². The molecule has 2 amide bonds.